The number of sulfonamides is 1. The molecule has 1 aromatic heterocycles. The van der Waals surface area contributed by atoms with Crippen LogP contribution in [-0.4, -0.2) is 66.5 Å². The van der Waals surface area contributed by atoms with Gasteiger partial charge in [0.1, 0.15) is 30.3 Å². The maximum Gasteiger partial charge on any atom is 0.326 e. The third kappa shape index (κ3) is 8.38. The zero-order valence-electron chi connectivity index (χ0n) is 22.6. The number of ether oxygens (including phenoxy) is 1. The predicted molar refractivity (Wildman–Crippen MR) is 155 cm³/mol. The van der Waals surface area contributed by atoms with E-state index in [0.717, 1.165) is 23.1 Å². The molecule has 41 heavy (non-hydrogen) atoms. The van der Waals surface area contributed by atoms with E-state index in [1.807, 2.05) is 30.4 Å². The van der Waals surface area contributed by atoms with Crippen LogP contribution in [0, 0.1) is 0 Å². The van der Waals surface area contributed by atoms with Crippen LogP contribution in [0.3, 0.4) is 0 Å². The molecule has 4 rings (SSSR count). The maximum atomic E-state index is 13.1. The second-order valence-corrected chi connectivity index (χ2v) is 11.4. The second kappa shape index (κ2) is 14.4. The lowest BCUT2D eigenvalue weighted by atomic mass is 10.1. The molecule has 0 bridgehead atoms. The highest BCUT2D eigenvalue weighted by Crippen LogP contribution is 2.26. The lowest BCUT2D eigenvalue weighted by molar-refractivity contribution is -0.142. The minimum atomic E-state index is -3.88. The first-order valence-electron chi connectivity index (χ1n) is 13.5. The molecular formula is C30H34N4O6S. The van der Waals surface area contributed by atoms with Crippen LogP contribution in [0.15, 0.2) is 96.0 Å². The smallest absolute Gasteiger partial charge is 0.326 e. The van der Waals surface area contributed by atoms with Crippen LogP contribution in [-0.2, 0) is 26.0 Å². The molecule has 11 heteroatoms. The summed E-state index contributed by atoms with van der Waals surface area (Å²) in [6.45, 7) is 1.34. The van der Waals surface area contributed by atoms with Crippen LogP contribution in [0.25, 0.3) is 0 Å². The molecular weight excluding hydrogens is 544 g/mol. The van der Waals surface area contributed by atoms with E-state index in [4.69, 9.17) is 4.74 Å². The molecule has 216 valence electrons. The highest BCUT2D eigenvalue weighted by Gasteiger charge is 2.40. The number of aromatic nitrogens is 1. The van der Waals surface area contributed by atoms with Gasteiger partial charge >= 0.3 is 5.97 Å². The highest BCUT2D eigenvalue weighted by molar-refractivity contribution is 7.89. The Morgan fingerprint density at radius 3 is 2.51 bits per heavy atom. The van der Waals surface area contributed by atoms with E-state index in [0.29, 0.717) is 30.8 Å². The third-order valence-corrected chi connectivity index (χ3v) is 8.55. The summed E-state index contributed by atoms with van der Waals surface area (Å²) in [5.41, 5.74) is 0.696. The fourth-order valence-corrected chi connectivity index (χ4v) is 6.20. The number of hydrogen-bond donors (Lipinski definition) is 3. The summed E-state index contributed by atoms with van der Waals surface area (Å²) in [6.07, 6.45) is 7.38. The Morgan fingerprint density at radius 1 is 1.05 bits per heavy atom. The Labute approximate surface area is 240 Å². The number of carbonyl (C=O) groups is 2. The molecule has 3 aromatic rings. The average molecular weight is 579 g/mol. The Morgan fingerprint density at radius 2 is 1.80 bits per heavy atom. The molecule has 1 saturated heterocycles. The first kappa shape index (κ1) is 29.8. The SMILES string of the molecule is O=C(O)[C@H](Cc1ccc(OC/C=C/CCNc2ccccn2)cc1)NC(=O)[C@@H]1CCCN1S(=O)(=O)c1ccccc1. The zero-order valence-corrected chi connectivity index (χ0v) is 23.4. The van der Waals surface area contributed by atoms with E-state index >= 15 is 0 Å². The van der Waals surface area contributed by atoms with Crippen molar-refractivity contribution in [2.24, 2.45) is 0 Å². The van der Waals surface area contributed by atoms with E-state index < -0.39 is 34.0 Å². The highest BCUT2D eigenvalue weighted by atomic mass is 32.2. The quantitative estimate of drug-likeness (QED) is 0.195. The molecule has 2 heterocycles. The average Bonchev–Trinajstić information content (AvgIpc) is 3.49. The topological polar surface area (TPSA) is 138 Å². The fraction of sp³-hybridized carbons (Fsp3) is 0.300. The molecule has 1 amide bonds. The van der Waals surface area contributed by atoms with Crippen molar-refractivity contribution in [2.75, 3.05) is 25.0 Å². The van der Waals surface area contributed by atoms with Gasteiger partial charge in [-0.3, -0.25) is 4.79 Å². The molecule has 1 fully saturated rings. The van der Waals surface area contributed by atoms with Gasteiger partial charge in [0.25, 0.3) is 0 Å². The second-order valence-electron chi connectivity index (χ2n) is 9.55. The van der Waals surface area contributed by atoms with Gasteiger partial charge in [-0.05, 0) is 61.2 Å². The summed E-state index contributed by atoms with van der Waals surface area (Å²) in [4.78, 5) is 29.3. The molecule has 10 nitrogen and oxygen atoms in total. The van der Waals surface area contributed by atoms with Crippen LogP contribution in [0.5, 0.6) is 5.75 Å². The van der Waals surface area contributed by atoms with Crippen LogP contribution in [0.4, 0.5) is 5.82 Å². The minimum Gasteiger partial charge on any atom is -0.490 e. The van der Waals surface area contributed by atoms with Crippen LogP contribution < -0.4 is 15.4 Å². The Kier molecular flexibility index (Phi) is 10.5. The summed E-state index contributed by atoms with van der Waals surface area (Å²) in [5.74, 6) is -0.347. The first-order chi connectivity index (χ1) is 19.8. The van der Waals surface area contributed by atoms with Crippen molar-refractivity contribution in [2.45, 2.75) is 42.7 Å². The van der Waals surface area contributed by atoms with Gasteiger partial charge in [0.15, 0.2) is 0 Å². The first-order valence-corrected chi connectivity index (χ1v) is 14.9. The Bertz CT molecular complexity index is 1420. The number of pyridine rings is 1. The van der Waals surface area contributed by atoms with Crippen LogP contribution >= 0.6 is 0 Å². The molecule has 1 aliphatic heterocycles. The summed E-state index contributed by atoms with van der Waals surface area (Å²) in [5, 5.41) is 15.5. The molecule has 0 aliphatic carbocycles. The number of hydrogen-bond acceptors (Lipinski definition) is 7. The largest absolute Gasteiger partial charge is 0.490 e. The number of carboxylic acids is 1. The van der Waals surface area contributed by atoms with Gasteiger partial charge in [-0.25, -0.2) is 18.2 Å². The normalized spacial score (nSPS) is 16.3. The van der Waals surface area contributed by atoms with Crippen molar-refractivity contribution >= 4 is 27.7 Å². The molecule has 0 radical (unpaired) electrons. The third-order valence-electron chi connectivity index (χ3n) is 6.63. The number of nitrogens with one attached hydrogen (secondary N) is 2. The summed E-state index contributed by atoms with van der Waals surface area (Å²) in [7, 11) is -3.88. The maximum absolute atomic E-state index is 13.1. The minimum absolute atomic E-state index is 0.0443. The van der Waals surface area contributed by atoms with Crippen molar-refractivity contribution in [3.05, 3.63) is 96.7 Å². The molecule has 2 aromatic carbocycles. The number of amides is 1. The van der Waals surface area contributed by atoms with E-state index in [1.54, 1.807) is 48.7 Å². The van der Waals surface area contributed by atoms with E-state index in [-0.39, 0.29) is 17.9 Å². The van der Waals surface area contributed by atoms with E-state index in [1.165, 1.54) is 12.1 Å². The molecule has 3 N–H and O–H groups in total. The monoisotopic (exact) mass is 578 g/mol. The summed E-state index contributed by atoms with van der Waals surface area (Å²) in [6, 6.07) is 18.4. The van der Waals surface area contributed by atoms with E-state index in [9.17, 15) is 23.1 Å². The van der Waals surface area contributed by atoms with Crippen molar-refractivity contribution in [3.63, 3.8) is 0 Å². The molecule has 0 saturated carbocycles. The summed E-state index contributed by atoms with van der Waals surface area (Å²) < 4.78 is 33.1. The van der Waals surface area contributed by atoms with Gasteiger partial charge in [0, 0.05) is 25.7 Å². The number of benzene rings is 2. The van der Waals surface area contributed by atoms with Gasteiger partial charge in [0.05, 0.1) is 4.90 Å². The number of carbonyl (C=O) groups excluding carboxylic acids is 1. The number of aliphatic carboxylic acids is 1. The molecule has 0 spiro atoms. The lowest BCUT2D eigenvalue weighted by Crippen LogP contribution is -2.51. The van der Waals surface area contributed by atoms with Crippen LogP contribution in [0.2, 0.25) is 0 Å². The standard InChI is InChI=1S/C30H34N4O6S/c35-29(27-12-9-20-34(27)41(38,39)25-10-3-1-4-11-25)33-26(30(36)37)22-23-14-16-24(17-15-23)40-21-8-2-6-18-31-28-13-5-7-19-32-28/h1-5,7-8,10-11,13-17,19,26-27H,6,9,12,18,20-22H2,(H,31,32)(H,33,35)(H,36,37)/b8-2+/t26-,27-/m0/s1. The Balaban J connectivity index is 1.26. The van der Waals surface area contributed by atoms with Crippen molar-refractivity contribution in [3.8, 4) is 5.75 Å². The van der Waals surface area contributed by atoms with Gasteiger partial charge in [0.2, 0.25) is 15.9 Å². The van der Waals surface area contributed by atoms with E-state index in [2.05, 4.69) is 15.6 Å². The van der Waals surface area contributed by atoms with Crippen molar-refractivity contribution in [1.82, 2.24) is 14.6 Å². The summed E-state index contributed by atoms with van der Waals surface area (Å²) >= 11 is 0. The van der Waals surface area contributed by atoms with Gasteiger partial charge in [-0.1, -0.05) is 48.6 Å². The van der Waals surface area contributed by atoms with Crippen molar-refractivity contribution in [1.29, 1.82) is 0 Å². The predicted octanol–water partition coefficient (Wildman–Crippen LogP) is 3.48. The van der Waals surface area contributed by atoms with Crippen LogP contribution in [0.1, 0.15) is 24.8 Å². The van der Waals surface area contributed by atoms with Crippen molar-refractivity contribution < 1.29 is 27.9 Å². The number of carboxylic acid groups (broad SMARTS) is 1. The number of anilines is 1. The fourth-order valence-electron chi connectivity index (χ4n) is 4.52. The lowest BCUT2D eigenvalue weighted by Gasteiger charge is -2.25. The van der Waals surface area contributed by atoms with Gasteiger partial charge in [-0.15, -0.1) is 0 Å². The van der Waals surface area contributed by atoms with Gasteiger partial charge in [-0.2, -0.15) is 4.31 Å². The Hall–Kier alpha value is -4.22. The molecule has 2 atom stereocenters. The molecule has 1 aliphatic rings. The molecule has 0 unspecified atom stereocenters. The van der Waals surface area contributed by atoms with Gasteiger partial charge < -0.3 is 20.5 Å². The number of rotatable bonds is 14. The zero-order chi connectivity index (χ0) is 29.1. The number of nitrogens with zero attached hydrogens (tertiary/aromatic N) is 2.